The van der Waals surface area contributed by atoms with Crippen LogP contribution in [0.1, 0.15) is 16.7 Å². The van der Waals surface area contributed by atoms with Gasteiger partial charge in [0.05, 0.1) is 5.71 Å². The van der Waals surface area contributed by atoms with Crippen molar-refractivity contribution in [2.24, 2.45) is 0 Å². The number of aryl methyl sites for hydroxylation is 1. The molecule has 0 heterocycles. The van der Waals surface area contributed by atoms with Gasteiger partial charge in [-0.25, -0.2) is 0 Å². The van der Waals surface area contributed by atoms with E-state index in [4.69, 9.17) is 10.8 Å². The molecule has 0 bridgehead atoms. The molecule has 12 heavy (non-hydrogen) atoms. The van der Waals surface area contributed by atoms with E-state index in [9.17, 15) is 0 Å². The zero-order valence-electron chi connectivity index (χ0n) is 7.31. The SMILES string of the molecule is Cc1cccc(C(=N)C=N)c1C. The summed E-state index contributed by atoms with van der Waals surface area (Å²) in [5.41, 5.74) is 3.38. The maximum Gasteiger partial charge on any atom is 0.0790 e. The molecular weight excluding hydrogens is 148 g/mol. The number of rotatable bonds is 2. The molecule has 0 saturated heterocycles. The van der Waals surface area contributed by atoms with E-state index in [1.54, 1.807) is 0 Å². The lowest BCUT2D eigenvalue weighted by Gasteiger charge is -2.05. The minimum absolute atomic E-state index is 0.274. The Balaban J connectivity index is 3.25. The first-order valence-corrected chi connectivity index (χ1v) is 3.82. The molecule has 0 fully saturated rings. The molecular formula is C10H12N2. The molecule has 0 aromatic heterocycles. The Morgan fingerprint density at radius 2 is 2.00 bits per heavy atom. The maximum atomic E-state index is 7.47. The van der Waals surface area contributed by atoms with Crippen LogP contribution < -0.4 is 0 Å². The molecule has 0 aliphatic heterocycles. The summed E-state index contributed by atoms with van der Waals surface area (Å²) in [5.74, 6) is 0. The van der Waals surface area contributed by atoms with Crippen molar-refractivity contribution in [3.8, 4) is 0 Å². The fraction of sp³-hybridized carbons (Fsp3) is 0.200. The van der Waals surface area contributed by atoms with Crippen molar-refractivity contribution in [2.75, 3.05) is 0 Å². The maximum absolute atomic E-state index is 7.47. The van der Waals surface area contributed by atoms with Crippen molar-refractivity contribution in [2.45, 2.75) is 13.8 Å². The van der Waals surface area contributed by atoms with Gasteiger partial charge in [0.1, 0.15) is 0 Å². The van der Waals surface area contributed by atoms with Crippen LogP contribution in [0.2, 0.25) is 0 Å². The van der Waals surface area contributed by atoms with Gasteiger partial charge in [-0.05, 0) is 25.0 Å². The van der Waals surface area contributed by atoms with E-state index in [0.29, 0.717) is 0 Å². The van der Waals surface area contributed by atoms with Crippen LogP contribution in [-0.4, -0.2) is 11.9 Å². The van der Waals surface area contributed by atoms with E-state index in [0.717, 1.165) is 17.3 Å². The summed E-state index contributed by atoms with van der Waals surface area (Å²) in [4.78, 5) is 0. The second-order valence-corrected chi connectivity index (χ2v) is 2.81. The summed E-state index contributed by atoms with van der Waals surface area (Å²) in [7, 11) is 0. The Kier molecular flexibility index (Phi) is 2.38. The molecule has 2 heteroatoms. The van der Waals surface area contributed by atoms with E-state index < -0.39 is 0 Å². The lowest BCUT2D eigenvalue weighted by molar-refractivity contribution is 1.32. The molecule has 0 aliphatic carbocycles. The van der Waals surface area contributed by atoms with E-state index in [2.05, 4.69) is 0 Å². The molecule has 2 nitrogen and oxygen atoms in total. The summed E-state index contributed by atoms with van der Waals surface area (Å²) >= 11 is 0. The van der Waals surface area contributed by atoms with Gasteiger partial charge >= 0.3 is 0 Å². The summed E-state index contributed by atoms with van der Waals surface area (Å²) in [6.07, 6.45) is 1.07. The minimum atomic E-state index is 0.274. The third-order valence-corrected chi connectivity index (χ3v) is 2.04. The van der Waals surface area contributed by atoms with Gasteiger partial charge in [0, 0.05) is 11.8 Å². The van der Waals surface area contributed by atoms with Crippen molar-refractivity contribution < 1.29 is 0 Å². The molecule has 0 saturated carbocycles. The van der Waals surface area contributed by atoms with E-state index in [-0.39, 0.29) is 5.71 Å². The predicted molar refractivity (Wildman–Crippen MR) is 51.5 cm³/mol. The van der Waals surface area contributed by atoms with Crippen LogP contribution in [0.3, 0.4) is 0 Å². The minimum Gasteiger partial charge on any atom is -0.307 e. The van der Waals surface area contributed by atoms with Gasteiger partial charge < -0.3 is 5.41 Å². The van der Waals surface area contributed by atoms with Gasteiger partial charge in [0.25, 0.3) is 0 Å². The Labute approximate surface area is 72.3 Å². The van der Waals surface area contributed by atoms with Crippen molar-refractivity contribution in [3.05, 3.63) is 34.9 Å². The lowest BCUT2D eigenvalue weighted by Crippen LogP contribution is -2.02. The zero-order valence-corrected chi connectivity index (χ0v) is 7.31. The summed E-state index contributed by atoms with van der Waals surface area (Å²) in [6, 6.07) is 5.79. The average molecular weight is 160 g/mol. The van der Waals surface area contributed by atoms with Crippen LogP contribution in [0.15, 0.2) is 18.2 Å². The molecule has 0 atom stereocenters. The lowest BCUT2D eigenvalue weighted by atomic mass is 10.0. The predicted octanol–water partition coefficient (Wildman–Crippen LogP) is 2.32. The number of benzene rings is 1. The zero-order chi connectivity index (χ0) is 9.14. The third-order valence-electron chi connectivity index (χ3n) is 2.04. The molecule has 1 aromatic carbocycles. The van der Waals surface area contributed by atoms with Gasteiger partial charge in [-0.1, -0.05) is 18.2 Å². The van der Waals surface area contributed by atoms with Crippen LogP contribution in [-0.2, 0) is 0 Å². The van der Waals surface area contributed by atoms with E-state index in [1.165, 1.54) is 5.56 Å². The van der Waals surface area contributed by atoms with Gasteiger partial charge in [-0.15, -0.1) is 0 Å². The molecule has 1 aromatic rings. The van der Waals surface area contributed by atoms with Crippen molar-refractivity contribution in [3.63, 3.8) is 0 Å². The van der Waals surface area contributed by atoms with Crippen LogP contribution in [0.5, 0.6) is 0 Å². The highest BCUT2D eigenvalue weighted by atomic mass is 14.5. The Bertz CT molecular complexity index is 327. The second kappa shape index (κ2) is 3.30. The topological polar surface area (TPSA) is 47.7 Å². The number of hydrogen-bond donors (Lipinski definition) is 2. The van der Waals surface area contributed by atoms with Gasteiger partial charge in [-0.2, -0.15) is 0 Å². The van der Waals surface area contributed by atoms with Gasteiger partial charge in [0.2, 0.25) is 0 Å². The Hall–Kier alpha value is -1.44. The molecule has 0 radical (unpaired) electrons. The average Bonchev–Trinajstić information content (AvgIpc) is 2.08. The normalized spacial score (nSPS) is 9.50. The van der Waals surface area contributed by atoms with Crippen LogP contribution in [0.4, 0.5) is 0 Å². The quantitative estimate of drug-likeness (QED) is 0.624. The molecule has 62 valence electrons. The standard InChI is InChI=1S/C10H12N2/c1-7-4-3-5-9(8(7)2)10(12)6-11/h3-6,11-12H,1-2H3. The smallest absolute Gasteiger partial charge is 0.0790 e. The number of nitrogens with one attached hydrogen (secondary N) is 2. The molecule has 0 unspecified atom stereocenters. The Morgan fingerprint density at radius 1 is 1.33 bits per heavy atom. The fourth-order valence-electron chi connectivity index (χ4n) is 1.12. The highest BCUT2D eigenvalue weighted by molar-refractivity contribution is 6.36. The first-order valence-electron chi connectivity index (χ1n) is 3.82. The molecule has 1 rings (SSSR count). The second-order valence-electron chi connectivity index (χ2n) is 2.81. The molecule has 0 spiro atoms. The van der Waals surface area contributed by atoms with E-state index in [1.807, 2.05) is 32.0 Å². The van der Waals surface area contributed by atoms with Crippen molar-refractivity contribution in [1.82, 2.24) is 0 Å². The molecule has 2 N–H and O–H groups in total. The van der Waals surface area contributed by atoms with E-state index >= 15 is 0 Å². The molecule has 0 amide bonds. The summed E-state index contributed by atoms with van der Waals surface area (Å²) in [5, 5.41) is 14.4. The highest BCUT2D eigenvalue weighted by Crippen LogP contribution is 2.12. The van der Waals surface area contributed by atoms with Crippen LogP contribution in [0, 0.1) is 24.7 Å². The van der Waals surface area contributed by atoms with Gasteiger partial charge in [-0.3, -0.25) is 5.41 Å². The first kappa shape index (κ1) is 8.65. The van der Waals surface area contributed by atoms with Crippen LogP contribution in [0.25, 0.3) is 0 Å². The fourth-order valence-corrected chi connectivity index (χ4v) is 1.12. The first-order chi connectivity index (χ1) is 5.66. The van der Waals surface area contributed by atoms with Crippen LogP contribution >= 0.6 is 0 Å². The van der Waals surface area contributed by atoms with Crippen molar-refractivity contribution in [1.29, 1.82) is 10.8 Å². The summed E-state index contributed by atoms with van der Waals surface area (Å²) in [6.45, 7) is 3.98. The highest BCUT2D eigenvalue weighted by Gasteiger charge is 2.02. The van der Waals surface area contributed by atoms with Gasteiger partial charge in [0.15, 0.2) is 0 Å². The monoisotopic (exact) mass is 160 g/mol. The number of hydrogen-bond acceptors (Lipinski definition) is 2. The largest absolute Gasteiger partial charge is 0.307 e. The third kappa shape index (κ3) is 1.42. The summed E-state index contributed by atoms with van der Waals surface area (Å²) < 4.78 is 0. The van der Waals surface area contributed by atoms with Crippen molar-refractivity contribution >= 4 is 11.9 Å². The molecule has 0 aliphatic rings. The Morgan fingerprint density at radius 3 is 2.58 bits per heavy atom.